The predicted octanol–water partition coefficient (Wildman–Crippen LogP) is 1.89. The number of piperidine rings is 2. The monoisotopic (exact) mass is 367 g/mol. The fraction of sp³-hybridized carbons (Fsp3) is 0.895. The quantitative estimate of drug-likeness (QED) is 0.554. The molecule has 1 amide bonds. The minimum absolute atomic E-state index is 0.190. The second-order valence-electron chi connectivity index (χ2n) is 7.40. The number of ether oxygens (including phenoxy) is 1. The zero-order chi connectivity index (χ0) is 18.8. The molecule has 150 valence electrons. The van der Waals surface area contributed by atoms with Crippen LogP contribution in [0.5, 0.6) is 0 Å². The van der Waals surface area contributed by atoms with Crippen LogP contribution in [-0.4, -0.2) is 80.8 Å². The van der Waals surface area contributed by atoms with Gasteiger partial charge in [0.15, 0.2) is 5.96 Å². The molecular formula is C19H37N5O2. The molecule has 2 N–H and O–H groups in total. The summed E-state index contributed by atoms with van der Waals surface area (Å²) in [5, 5.41) is 6.90. The highest BCUT2D eigenvalue weighted by Gasteiger charge is 2.24. The van der Waals surface area contributed by atoms with E-state index in [9.17, 15) is 4.79 Å². The molecule has 0 aromatic rings. The minimum atomic E-state index is -0.190. The van der Waals surface area contributed by atoms with E-state index in [1.54, 1.807) is 4.90 Å². The highest BCUT2D eigenvalue weighted by atomic mass is 16.6. The first-order chi connectivity index (χ1) is 12.6. The van der Waals surface area contributed by atoms with Gasteiger partial charge in [-0.15, -0.1) is 0 Å². The van der Waals surface area contributed by atoms with Gasteiger partial charge < -0.3 is 25.2 Å². The van der Waals surface area contributed by atoms with Crippen molar-refractivity contribution >= 4 is 12.1 Å². The fourth-order valence-corrected chi connectivity index (χ4v) is 3.64. The van der Waals surface area contributed by atoms with Crippen LogP contribution < -0.4 is 10.6 Å². The molecule has 2 fully saturated rings. The van der Waals surface area contributed by atoms with Crippen molar-refractivity contribution in [2.45, 2.75) is 52.0 Å². The maximum Gasteiger partial charge on any atom is 0.409 e. The normalized spacial score (nSPS) is 20.9. The number of aliphatic imine (C=N–C) groups is 1. The third-order valence-electron chi connectivity index (χ3n) is 5.35. The van der Waals surface area contributed by atoms with Crippen molar-refractivity contribution in [1.82, 2.24) is 20.4 Å². The molecule has 0 atom stereocenters. The highest BCUT2D eigenvalue weighted by Crippen LogP contribution is 2.19. The maximum atomic E-state index is 11.8. The SMILES string of the molecule is CCNC(=NCCC1CCN(C)CC1)NC1CCN(C(=O)OCC)CC1. The second-order valence-corrected chi connectivity index (χ2v) is 7.40. The molecule has 0 aliphatic carbocycles. The molecule has 0 spiro atoms. The van der Waals surface area contributed by atoms with Crippen LogP contribution >= 0.6 is 0 Å². The van der Waals surface area contributed by atoms with Crippen molar-refractivity contribution in [3.8, 4) is 0 Å². The van der Waals surface area contributed by atoms with Gasteiger partial charge in [0.1, 0.15) is 0 Å². The number of hydrogen-bond donors (Lipinski definition) is 2. The second kappa shape index (κ2) is 11.3. The van der Waals surface area contributed by atoms with Gasteiger partial charge in [-0.3, -0.25) is 4.99 Å². The summed E-state index contributed by atoms with van der Waals surface area (Å²) in [6.45, 7) is 10.0. The summed E-state index contributed by atoms with van der Waals surface area (Å²) in [6.07, 6.45) is 5.43. The van der Waals surface area contributed by atoms with E-state index < -0.39 is 0 Å². The Bertz CT molecular complexity index is 441. The lowest BCUT2D eigenvalue weighted by atomic mass is 9.94. The average Bonchev–Trinajstić information content (AvgIpc) is 2.64. The van der Waals surface area contributed by atoms with Gasteiger partial charge in [-0.25, -0.2) is 4.79 Å². The lowest BCUT2D eigenvalue weighted by Gasteiger charge is -2.32. The molecular weight excluding hydrogens is 330 g/mol. The number of hydrogen-bond acceptors (Lipinski definition) is 4. The summed E-state index contributed by atoms with van der Waals surface area (Å²) < 4.78 is 5.08. The third-order valence-corrected chi connectivity index (χ3v) is 5.35. The molecule has 0 aromatic carbocycles. The number of nitrogens with one attached hydrogen (secondary N) is 2. The number of carbonyl (C=O) groups is 1. The largest absolute Gasteiger partial charge is 0.450 e. The molecule has 2 saturated heterocycles. The summed E-state index contributed by atoms with van der Waals surface area (Å²) in [4.78, 5) is 20.8. The van der Waals surface area contributed by atoms with Crippen LogP contribution in [0.4, 0.5) is 4.79 Å². The zero-order valence-corrected chi connectivity index (χ0v) is 16.8. The standard InChI is InChI=1S/C19H37N5O2/c1-4-20-18(21-11-6-16-7-12-23(3)13-8-16)22-17-9-14-24(15-10-17)19(25)26-5-2/h16-17H,4-15H2,1-3H3,(H2,20,21,22). The van der Waals surface area contributed by atoms with E-state index in [1.807, 2.05) is 6.92 Å². The van der Waals surface area contributed by atoms with Gasteiger partial charge in [0.2, 0.25) is 0 Å². The molecule has 0 unspecified atom stereocenters. The summed E-state index contributed by atoms with van der Waals surface area (Å²) in [5.74, 6) is 1.72. The Hall–Kier alpha value is -1.50. The Balaban J connectivity index is 1.72. The van der Waals surface area contributed by atoms with Gasteiger partial charge in [-0.05, 0) is 72.0 Å². The first-order valence-electron chi connectivity index (χ1n) is 10.3. The lowest BCUT2D eigenvalue weighted by molar-refractivity contribution is 0.0963. The van der Waals surface area contributed by atoms with Crippen molar-refractivity contribution in [1.29, 1.82) is 0 Å². The topological polar surface area (TPSA) is 69.2 Å². The van der Waals surface area contributed by atoms with Crippen LogP contribution in [0.3, 0.4) is 0 Å². The van der Waals surface area contributed by atoms with E-state index in [4.69, 9.17) is 9.73 Å². The van der Waals surface area contributed by atoms with E-state index in [0.717, 1.165) is 50.9 Å². The van der Waals surface area contributed by atoms with Crippen LogP contribution in [0.1, 0.15) is 46.0 Å². The molecule has 0 saturated carbocycles. The summed E-state index contributed by atoms with van der Waals surface area (Å²) in [7, 11) is 2.20. The number of nitrogens with zero attached hydrogens (tertiary/aromatic N) is 3. The van der Waals surface area contributed by atoms with E-state index in [0.29, 0.717) is 12.6 Å². The van der Waals surface area contributed by atoms with Crippen LogP contribution in [0.25, 0.3) is 0 Å². The van der Waals surface area contributed by atoms with E-state index in [1.165, 1.54) is 32.4 Å². The predicted molar refractivity (Wildman–Crippen MR) is 106 cm³/mol. The number of likely N-dealkylation sites (tertiary alicyclic amines) is 2. The number of carbonyl (C=O) groups excluding carboxylic acids is 1. The van der Waals surface area contributed by atoms with Gasteiger partial charge in [-0.2, -0.15) is 0 Å². The highest BCUT2D eigenvalue weighted by molar-refractivity contribution is 5.80. The average molecular weight is 368 g/mol. The number of amides is 1. The first kappa shape index (κ1) is 20.8. The van der Waals surface area contributed by atoms with Crippen molar-refractivity contribution < 1.29 is 9.53 Å². The maximum absolute atomic E-state index is 11.8. The molecule has 26 heavy (non-hydrogen) atoms. The van der Waals surface area contributed by atoms with Crippen molar-refractivity contribution in [3.63, 3.8) is 0 Å². The van der Waals surface area contributed by atoms with E-state index in [2.05, 4.69) is 29.5 Å². The summed E-state index contributed by atoms with van der Waals surface area (Å²) in [6, 6.07) is 0.363. The smallest absolute Gasteiger partial charge is 0.409 e. The molecule has 7 heteroatoms. The van der Waals surface area contributed by atoms with Gasteiger partial charge in [0.25, 0.3) is 0 Å². The molecule has 2 heterocycles. The molecule has 2 rings (SSSR count). The van der Waals surface area contributed by atoms with Gasteiger partial charge >= 0.3 is 6.09 Å². The molecule has 0 radical (unpaired) electrons. The van der Waals surface area contributed by atoms with Gasteiger partial charge in [0.05, 0.1) is 6.61 Å². The van der Waals surface area contributed by atoms with Gasteiger partial charge in [-0.1, -0.05) is 0 Å². The van der Waals surface area contributed by atoms with Crippen LogP contribution in [-0.2, 0) is 4.74 Å². The van der Waals surface area contributed by atoms with Crippen LogP contribution in [0.2, 0.25) is 0 Å². The van der Waals surface area contributed by atoms with Crippen LogP contribution in [0.15, 0.2) is 4.99 Å². The van der Waals surface area contributed by atoms with Crippen molar-refractivity contribution in [2.24, 2.45) is 10.9 Å². The Morgan fingerprint density at radius 1 is 1.12 bits per heavy atom. The molecule has 7 nitrogen and oxygen atoms in total. The Morgan fingerprint density at radius 2 is 1.81 bits per heavy atom. The van der Waals surface area contributed by atoms with Crippen molar-refractivity contribution in [3.05, 3.63) is 0 Å². The Morgan fingerprint density at radius 3 is 2.42 bits per heavy atom. The van der Waals surface area contributed by atoms with Gasteiger partial charge in [0, 0.05) is 32.2 Å². The third kappa shape index (κ3) is 7.02. The zero-order valence-electron chi connectivity index (χ0n) is 16.8. The van der Waals surface area contributed by atoms with Crippen molar-refractivity contribution in [2.75, 3.05) is 52.9 Å². The number of guanidine groups is 1. The molecule has 0 bridgehead atoms. The Labute approximate surface area is 158 Å². The fourth-order valence-electron chi connectivity index (χ4n) is 3.64. The van der Waals surface area contributed by atoms with Crippen LogP contribution in [0, 0.1) is 5.92 Å². The molecule has 2 aliphatic rings. The number of rotatable bonds is 6. The van der Waals surface area contributed by atoms with E-state index >= 15 is 0 Å². The Kier molecular flexibility index (Phi) is 9.01. The first-order valence-corrected chi connectivity index (χ1v) is 10.3. The summed E-state index contributed by atoms with van der Waals surface area (Å²) in [5.41, 5.74) is 0. The molecule has 0 aromatic heterocycles. The lowest BCUT2D eigenvalue weighted by Crippen LogP contribution is -2.50. The summed E-state index contributed by atoms with van der Waals surface area (Å²) >= 11 is 0. The van der Waals surface area contributed by atoms with E-state index in [-0.39, 0.29) is 6.09 Å². The molecule has 2 aliphatic heterocycles. The minimum Gasteiger partial charge on any atom is -0.450 e.